The highest BCUT2D eigenvalue weighted by molar-refractivity contribution is 5.09. The zero-order valence-electron chi connectivity index (χ0n) is 7.29. The maximum Gasteiger partial charge on any atom is 0.331 e. The Kier molecular flexibility index (Phi) is 1.90. The third-order valence-corrected chi connectivity index (χ3v) is 2.25. The van der Waals surface area contributed by atoms with Gasteiger partial charge in [0, 0.05) is 6.54 Å². The number of aromatic amines is 1. The summed E-state index contributed by atoms with van der Waals surface area (Å²) in [6.45, 7) is 0.262. The first-order valence-corrected chi connectivity index (χ1v) is 4.31. The van der Waals surface area contributed by atoms with Crippen molar-refractivity contribution in [2.45, 2.75) is 19.4 Å². The lowest BCUT2D eigenvalue weighted by Crippen LogP contribution is -2.32. The maximum absolute atomic E-state index is 12.9. The van der Waals surface area contributed by atoms with Gasteiger partial charge in [0.05, 0.1) is 0 Å². The molecule has 14 heavy (non-hydrogen) atoms. The van der Waals surface area contributed by atoms with Crippen molar-refractivity contribution in [3.63, 3.8) is 0 Å². The SMILES string of the molecule is O=c1[nH]c(=O)n(CC2CC2)c(O)c1F. The first-order valence-electron chi connectivity index (χ1n) is 4.31. The molecule has 76 valence electrons. The van der Waals surface area contributed by atoms with Gasteiger partial charge in [0.25, 0.3) is 5.56 Å². The van der Waals surface area contributed by atoms with Crippen LogP contribution >= 0.6 is 0 Å². The molecule has 2 rings (SSSR count). The molecule has 1 aliphatic carbocycles. The van der Waals surface area contributed by atoms with Crippen LogP contribution in [-0.4, -0.2) is 14.7 Å². The Balaban J connectivity index is 2.51. The van der Waals surface area contributed by atoms with Gasteiger partial charge in [-0.2, -0.15) is 4.39 Å². The fraction of sp³-hybridized carbons (Fsp3) is 0.500. The molecular weight excluding hydrogens is 191 g/mol. The molecule has 0 spiro atoms. The Bertz CT molecular complexity index is 472. The van der Waals surface area contributed by atoms with Gasteiger partial charge in [0.2, 0.25) is 11.7 Å². The van der Waals surface area contributed by atoms with Crippen molar-refractivity contribution in [1.82, 2.24) is 9.55 Å². The summed E-state index contributed by atoms with van der Waals surface area (Å²) in [5, 5.41) is 9.20. The molecule has 1 aliphatic rings. The Labute approximate surface area is 77.8 Å². The minimum atomic E-state index is -1.30. The number of hydrogen-bond donors (Lipinski definition) is 2. The Hall–Kier alpha value is -1.59. The standard InChI is InChI=1S/C8H9FN2O3/c9-5-6(12)10-8(14)11(7(5)13)3-4-1-2-4/h4,13H,1-3H2,(H,10,12,14). The molecule has 0 radical (unpaired) electrons. The highest BCUT2D eigenvalue weighted by Crippen LogP contribution is 2.31. The maximum atomic E-state index is 12.9. The zero-order valence-corrected chi connectivity index (χ0v) is 7.29. The zero-order chi connectivity index (χ0) is 10.3. The van der Waals surface area contributed by atoms with Gasteiger partial charge in [-0.05, 0) is 18.8 Å². The highest BCUT2D eigenvalue weighted by Gasteiger charge is 2.24. The summed E-state index contributed by atoms with van der Waals surface area (Å²) < 4.78 is 13.7. The van der Waals surface area contributed by atoms with Crippen LogP contribution in [0.4, 0.5) is 4.39 Å². The fourth-order valence-corrected chi connectivity index (χ4v) is 1.26. The van der Waals surface area contributed by atoms with Crippen LogP contribution in [0.25, 0.3) is 0 Å². The molecule has 0 unspecified atom stereocenters. The van der Waals surface area contributed by atoms with E-state index in [9.17, 15) is 19.1 Å². The monoisotopic (exact) mass is 200 g/mol. The minimum Gasteiger partial charge on any atom is -0.492 e. The topological polar surface area (TPSA) is 75.1 Å². The van der Waals surface area contributed by atoms with E-state index in [1.165, 1.54) is 0 Å². The predicted molar refractivity (Wildman–Crippen MR) is 45.7 cm³/mol. The van der Waals surface area contributed by atoms with Gasteiger partial charge in [-0.25, -0.2) is 4.79 Å². The van der Waals surface area contributed by atoms with Crippen LogP contribution in [0.3, 0.4) is 0 Å². The number of halogens is 1. The van der Waals surface area contributed by atoms with Crippen LogP contribution in [0.2, 0.25) is 0 Å². The van der Waals surface area contributed by atoms with Gasteiger partial charge >= 0.3 is 5.69 Å². The van der Waals surface area contributed by atoms with E-state index in [0.717, 1.165) is 17.4 Å². The van der Waals surface area contributed by atoms with E-state index in [2.05, 4.69) is 0 Å². The number of nitrogens with one attached hydrogen (secondary N) is 1. The average Bonchev–Trinajstić information content (AvgIpc) is 2.92. The number of nitrogens with zero attached hydrogens (tertiary/aromatic N) is 1. The molecule has 0 aromatic carbocycles. The van der Waals surface area contributed by atoms with Crippen molar-refractivity contribution >= 4 is 0 Å². The number of hydrogen-bond acceptors (Lipinski definition) is 3. The lowest BCUT2D eigenvalue weighted by molar-refractivity contribution is 0.354. The van der Waals surface area contributed by atoms with Gasteiger partial charge in [-0.15, -0.1) is 0 Å². The quantitative estimate of drug-likeness (QED) is 0.693. The Morgan fingerprint density at radius 1 is 1.50 bits per heavy atom. The largest absolute Gasteiger partial charge is 0.492 e. The van der Waals surface area contributed by atoms with E-state index in [-0.39, 0.29) is 6.54 Å². The van der Waals surface area contributed by atoms with Crippen LogP contribution in [0.1, 0.15) is 12.8 Å². The van der Waals surface area contributed by atoms with Gasteiger partial charge in [0.1, 0.15) is 0 Å². The third-order valence-electron chi connectivity index (χ3n) is 2.25. The summed E-state index contributed by atoms with van der Waals surface area (Å²) in [4.78, 5) is 23.7. The number of aromatic nitrogens is 2. The lowest BCUT2D eigenvalue weighted by atomic mass is 10.4. The molecule has 1 aromatic rings. The van der Waals surface area contributed by atoms with Crippen molar-refractivity contribution in [2.75, 3.05) is 0 Å². The van der Waals surface area contributed by atoms with Crippen molar-refractivity contribution in [1.29, 1.82) is 0 Å². The Morgan fingerprint density at radius 2 is 2.14 bits per heavy atom. The smallest absolute Gasteiger partial charge is 0.331 e. The third kappa shape index (κ3) is 1.43. The normalized spacial score (nSPS) is 15.8. The van der Waals surface area contributed by atoms with Gasteiger partial charge < -0.3 is 5.11 Å². The molecule has 0 saturated heterocycles. The second-order valence-corrected chi connectivity index (χ2v) is 3.45. The molecule has 0 amide bonds. The average molecular weight is 200 g/mol. The van der Waals surface area contributed by atoms with E-state index in [1.807, 2.05) is 0 Å². The second-order valence-electron chi connectivity index (χ2n) is 3.45. The summed E-state index contributed by atoms with van der Waals surface area (Å²) in [6.07, 6.45) is 1.93. The molecule has 5 nitrogen and oxygen atoms in total. The van der Waals surface area contributed by atoms with Gasteiger partial charge in [-0.1, -0.05) is 0 Å². The molecule has 0 atom stereocenters. The summed E-state index contributed by atoms with van der Waals surface area (Å²) in [7, 11) is 0. The molecule has 0 bridgehead atoms. The molecule has 6 heteroatoms. The summed E-state index contributed by atoms with van der Waals surface area (Å²) in [5.41, 5.74) is -1.94. The minimum absolute atomic E-state index is 0.262. The first kappa shape index (κ1) is 8.98. The predicted octanol–water partition coefficient (Wildman–Crippen LogP) is -0.209. The van der Waals surface area contributed by atoms with E-state index in [1.54, 1.807) is 4.98 Å². The summed E-state index contributed by atoms with van der Waals surface area (Å²) in [5.74, 6) is -1.86. The molecule has 1 saturated carbocycles. The Morgan fingerprint density at radius 3 is 2.71 bits per heavy atom. The van der Waals surface area contributed by atoms with Crippen molar-refractivity contribution in [2.24, 2.45) is 5.92 Å². The molecule has 0 aliphatic heterocycles. The van der Waals surface area contributed by atoms with E-state index in [0.29, 0.717) is 5.92 Å². The molecule has 1 heterocycles. The van der Waals surface area contributed by atoms with Crippen molar-refractivity contribution in [3.05, 3.63) is 26.7 Å². The number of rotatable bonds is 2. The van der Waals surface area contributed by atoms with Crippen molar-refractivity contribution < 1.29 is 9.50 Å². The van der Waals surface area contributed by atoms with E-state index < -0.39 is 22.9 Å². The summed E-state index contributed by atoms with van der Waals surface area (Å²) in [6, 6.07) is 0. The van der Waals surface area contributed by atoms with Crippen LogP contribution in [0.5, 0.6) is 5.88 Å². The molecule has 1 aromatic heterocycles. The molecule has 2 N–H and O–H groups in total. The van der Waals surface area contributed by atoms with E-state index >= 15 is 0 Å². The van der Waals surface area contributed by atoms with Crippen molar-refractivity contribution in [3.8, 4) is 5.88 Å². The highest BCUT2D eigenvalue weighted by atomic mass is 19.1. The number of aromatic hydroxyl groups is 1. The molecule has 1 fully saturated rings. The van der Waals surface area contributed by atoms with Crippen LogP contribution in [0.15, 0.2) is 9.59 Å². The van der Waals surface area contributed by atoms with E-state index in [4.69, 9.17) is 0 Å². The van der Waals surface area contributed by atoms with Gasteiger partial charge in [0.15, 0.2) is 0 Å². The number of H-pyrrole nitrogens is 1. The second kappa shape index (κ2) is 2.97. The fourth-order valence-electron chi connectivity index (χ4n) is 1.26. The van der Waals surface area contributed by atoms with Crippen LogP contribution < -0.4 is 11.2 Å². The van der Waals surface area contributed by atoms with Crippen LogP contribution in [-0.2, 0) is 6.54 Å². The van der Waals surface area contributed by atoms with Crippen LogP contribution in [0, 0.1) is 11.7 Å². The lowest BCUT2D eigenvalue weighted by Gasteiger charge is -2.06. The summed E-state index contributed by atoms with van der Waals surface area (Å²) >= 11 is 0. The first-order chi connectivity index (χ1) is 6.59. The van der Waals surface area contributed by atoms with Gasteiger partial charge in [-0.3, -0.25) is 14.3 Å². The molecular formula is C8H9FN2O3.